The molecule has 1 N–H and O–H groups in total. The predicted molar refractivity (Wildman–Crippen MR) is 82.3 cm³/mol. The number of likely N-dealkylation sites (tertiary alicyclic amines) is 1. The molecule has 2 heterocycles. The number of nitrogens with zero attached hydrogens (tertiary/aromatic N) is 3. The first-order valence-corrected chi connectivity index (χ1v) is 8.22. The van der Waals surface area contributed by atoms with Crippen molar-refractivity contribution in [2.75, 3.05) is 18.4 Å². The number of amides is 1. The highest BCUT2D eigenvalue weighted by atomic mass is 16.2. The van der Waals surface area contributed by atoms with E-state index in [1.54, 1.807) is 6.07 Å². The third kappa shape index (κ3) is 3.71. The van der Waals surface area contributed by atoms with Gasteiger partial charge in [0.15, 0.2) is 5.69 Å². The smallest absolute Gasteiger partial charge is 0.274 e. The normalized spacial score (nSPS) is 20.3. The number of carbonyl (C=O) groups excluding carboxylic acids is 1. The van der Waals surface area contributed by atoms with Gasteiger partial charge in [-0.2, -0.15) is 0 Å². The second-order valence-corrected chi connectivity index (χ2v) is 6.14. The summed E-state index contributed by atoms with van der Waals surface area (Å²) in [5, 5.41) is 11.8. The van der Waals surface area contributed by atoms with Crippen LogP contribution in [0.15, 0.2) is 12.1 Å². The molecule has 0 bridgehead atoms. The van der Waals surface area contributed by atoms with E-state index in [9.17, 15) is 4.79 Å². The molecule has 1 aromatic heterocycles. The highest BCUT2D eigenvalue weighted by Crippen LogP contribution is 2.20. The number of hydrogen-bond acceptors (Lipinski definition) is 4. The van der Waals surface area contributed by atoms with Gasteiger partial charge in [-0.25, -0.2) is 0 Å². The molecule has 2 aliphatic rings. The molecule has 0 unspecified atom stereocenters. The maximum Gasteiger partial charge on any atom is 0.274 e. The Kier molecular flexibility index (Phi) is 4.68. The Hall–Kier alpha value is -1.65. The summed E-state index contributed by atoms with van der Waals surface area (Å²) >= 11 is 0. The summed E-state index contributed by atoms with van der Waals surface area (Å²) in [7, 11) is 0. The fraction of sp³-hybridized carbons (Fsp3) is 0.688. The van der Waals surface area contributed by atoms with E-state index in [0.717, 1.165) is 31.7 Å². The summed E-state index contributed by atoms with van der Waals surface area (Å²) in [6.07, 6.45) is 9.86. The Labute approximate surface area is 126 Å². The fourth-order valence-electron chi connectivity index (χ4n) is 3.24. The van der Waals surface area contributed by atoms with Crippen LogP contribution in [0.5, 0.6) is 0 Å². The molecule has 5 heteroatoms. The highest BCUT2D eigenvalue weighted by molar-refractivity contribution is 5.92. The molecule has 21 heavy (non-hydrogen) atoms. The zero-order valence-electron chi connectivity index (χ0n) is 12.6. The number of nitrogens with one attached hydrogen (secondary N) is 1. The zero-order chi connectivity index (χ0) is 14.5. The van der Waals surface area contributed by atoms with Gasteiger partial charge in [0.25, 0.3) is 5.91 Å². The van der Waals surface area contributed by atoms with Crippen molar-refractivity contribution in [1.29, 1.82) is 0 Å². The molecular formula is C16H24N4O. The van der Waals surface area contributed by atoms with Crippen LogP contribution in [0, 0.1) is 0 Å². The Morgan fingerprint density at radius 1 is 1.00 bits per heavy atom. The Bertz CT molecular complexity index is 460. The lowest BCUT2D eigenvalue weighted by atomic mass is 10.1. The van der Waals surface area contributed by atoms with Crippen molar-refractivity contribution in [2.45, 2.75) is 57.4 Å². The van der Waals surface area contributed by atoms with Crippen molar-refractivity contribution in [2.24, 2.45) is 0 Å². The van der Waals surface area contributed by atoms with Gasteiger partial charge in [-0.15, -0.1) is 10.2 Å². The van der Waals surface area contributed by atoms with Crippen LogP contribution in [-0.2, 0) is 0 Å². The van der Waals surface area contributed by atoms with Crippen LogP contribution in [0.25, 0.3) is 0 Å². The number of carbonyl (C=O) groups is 1. The Balaban J connectivity index is 1.59. The lowest BCUT2D eigenvalue weighted by Crippen LogP contribution is -2.28. The van der Waals surface area contributed by atoms with Crippen molar-refractivity contribution in [3.05, 3.63) is 17.8 Å². The van der Waals surface area contributed by atoms with Gasteiger partial charge in [-0.05, 0) is 37.8 Å². The van der Waals surface area contributed by atoms with Crippen molar-refractivity contribution in [1.82, 2.24) is 15.1 Å². The molecule has 114 valence electrons. The van der Waals surface area contributed by atoms with Crippen molar-refractivity contribution >= 4 is 11.7 Å². The van der Waals surface area contributed by atoms with Gasteiger partial charge in [0.1, 0.15) is 5.82 Å². The first-order valence-electron chi connectivity index (χ1n) is 8.22. The van der Waals surface area contributed by atoms with Crippen LogP contribution in [-0.4, -0.2) is 40.1 Å². The summed E-state index contributed by atoms with van der Waals surface area (Å²) in [4.78, 5) is 14.1. The molecule has 1 saturated heterocycles. The lowest BCUT2D eigenvalue weighted by molar-refractivity contribution is 0.0786. The summed E-state index contributed by atoms with van der Waals surface area (Å²) < 4.78 is 0. The van der Waals surface area contributed by atoms with Crippen LogP contribution >= 0.6 is 0 Å². The van der Waals surface area contributed by atoms with Crippen LogP contribution in [0.2, 0.25) is 0 Å². The van der Waals surface area contributed by atoms with Gasteiger partial charge in [-0.1, -0.05) is 25.7 Å². The first-order chi connectivity index (χ1) is 10.3. The van der Waals surface area contributed by atoms with Gasteiger partial charge in [0, 0.05) is 19.1 Å². The summed E-state index contributed by atoms with van der Waals surface area (Å²) in [6, 6.07) is 4.19. The topological polar surface area (TPSA) is 58.1 Å². The minimum absolute atomic E-state index is 0.0148. The van der Waals surface area contributed by atoms with Crippen LogP contribution in [0.4, 0.5) is 5.82 Å². The zero-order valence-corrected chi connectivity index (χ0v) is 12.6. The fourth-order valence-corrected chi connectivity index (χ4v) is 3.24. The Morgan fingerprint density at radius 2 is 1.71 bits per heavy atom. The third-order valence-corrected chi connectivity index (χ3v) is 4.48. The molecule has 1 aromatic rings. The first kappa shape index (κ1) is 14.3. The summed E-state index contributed by atoms with van der Waals surface area (Å²) in [5.74, 6) is 0.806. The maximum absolute atomic E-state index is 12.2. The predicted octanol–water partition coefficient (Wildman–Crippen LogP) is 2.85. The molecule has 0 spiro atoms. The lowest BCUT2D eigenvalue weighted by Gasteiger charge is -2.17. The van der Waals surface area contributed by atoms with Crippen molar-refractivity contribution in [3.8, 4) is 0 Å². The third-order valence-electron chi connectivity index (χ3n) is 4.48. The van der Waals surface area contributed by atoms with E-state index in [-0.39, 0.29) is 5.91 Å². The average molecular weight is 288 g/mol. The molecule has 1 aliphatic heterocycles. The monoisotopic (exact) mass is 288 g/mol. The number of aromatic nitrogens is 2. The van der Waals surface area contributed by atoms with Gasteiger partial charge < -0.3 is 10.2 Å². The highest BCUT2D eigenvalue weighted by Gasteiger charge is 2.21. The van der Waals surface area contributed by atoms with E-state index in [2.05, 4.69) is 15.5 Å². The molecule has 3 rings (SSSR count). The molecule has 1 saturated carbocycles. The standard InChI is InChI=1S/C16H24N4O/c21-16(20-11-5-6-12-20)14-9-10-15(19-18-14)17-13-7-3-1-2-4-8-13/h9-10,13H,1-8,11-12H2,(H,17,19). The average Bonchev–Trinajstić information content (AvgIpc) is 2.93. The molecule has 1 aliphatic carbocycles. The number of hydrogen-bond donors (Lipinski definition) is 1. The molecule has 0 atom stereocenters. The van der Waals surface area contributed by atoms with E-state index < -0.39 is 0 Å². The quantitative estimate of drug-likeness (QED) is 0.869. The van der Waals surface area contributed by atoms with E-state index >= 15 is 0 Å². The minimum atomic E-state index is 0.0148. The SMILES string of the molecule is O=C(c1ccc(NC2CCCCCC2)nn1)N1CCCC1. The summed E-state index contributed by atoms with van der Waals surface area (Å²) in [5.41, 5.74) is 0.461. The molecule has 1 amide bonds. The molecule has 0 aromatic carbocycles. The second kappa shape index (κ2) is 6.87. The van der Waals surface area contributed by atoms with Gasteiger partial charge >= 0.3 is 0 Å². The maximum atomic E-state index is 12.2. The molecule has 2 fully saturated rings. The molecular weight excluding hydrogens is 264 g/mol. The van der Waals surface area contributed by atoms with E-state index in [0.29, 0.717) is 11.7 Å². The largest absolute Gasteiger partial charge is 0.366 e. The second-order valence-electron chi connectivity index (χ2n) is 6.14. The van der Waals surface area contributed by atoms with Gasteiger partial charge in [0.2, 0.25) is 0 Å². The summed E-state index contributed by atoms with van der Waals surface area (Å²) in [6.45, 7) is 1.70. The van der Waals surface area contributed by atoms with Gasteiger partial charge in [0.05, 0.1) is 0 Å². The van der Waals surface area contributed by atoms with Crippen molar-refractivity contribution in [3.63, 3.8) is 0 Å². The molecule has 5 nitrogen and oxygen atoms in total. The number of rotatable bonds is 3. The van der Waals surface area contributed by atoms with E-state index in [4.69, 9.17) is 0 Å². The van der Waals surface area contributed by atoms with Crippen LogP contribution in [0.1, 0.15) is 61.9 Å². The molecule has 0 radical (unpaired) electrons. The minimum Gasteiger partial charge on any atom is -0.366 e. The van der Waals surface area contributed by atoms with Crippen LogP contribution in [0.3, 0.4) is 0 Å². The van der Waals surface area contributed by atoms with Crippen molar-refractivity contribution < 1.29 is 4.79 Å². The van der Waals surface area contributed by atoms with E-state index in [1.807, 2.05) is 11.0 Å². The van der Waals surface area contributed by atoms with Gasteiger partial charge in [-0.3, -0.25) is 4.79 Å². The number of anilines is 1. The van der Waals surface area contributed by atoms with E-state index in [1.165, 1.54) is 38.5 Å². The Morgan fingerprint density at radius 3 is 2.33 bits per heavy atom. The van der Waals surface area contributed by atoms with Crippen LogP contribution < -0.4 is 5.32 Å².